The molecule has 0 radical (unpaired) electrons. The van der Waals surface area contributed by atoms with E-state index < -0.39 is 0 Å². The fraction of sp³-hybridized carbons (Fsp3) is 0.130. The third-order valence-corrected chi connectivity index (χ3v) is 5.24. The Labute approximate surface area is 190 Å². The smallest absolute Gasteiger partial charge is 0.323 e. The topological polar surface area (TPSA) is 94.0 Å². The van der Waals surface area contributed by atoms with Crippen molar-refractivity contribution in [3.05, 3.63) is 78.1 Å². The molecule has 4 rings (SSSR count). The molecule has 2 aromatic carbocycles. The molecule has 0 saturated carbocycles. The molecule has 2 heterocycles. The lowest BCUT2D eigenvalue weighted by molar-refractivity contribution is 0.262. The van der Waals surface area contributed by atoms with E-state index in [9.17, 15) is 4.79 Å². The third kappa shape index (κ3) is 5.25. The fourth-order valence-corrected chi connectivity index (χ4v) is 3.52. The van der Waals surface area contributed by atoms with Crippen molar-refractivity contribution in [3.8, 4) is 17.4 Å². The van der Waals surface area contributed by atoms with Gasteiger partial charge in [-0.05, 0) is 74.7 Å². The molecule has 32 heavy (non-hydrogen) atoms. The summed E-state index contributed by atoms with van der Waals surface area (Å²) >= 11 is 1.62. The van der Waals surface area contributed by atoms with Gasteiger partial charge < -0.3 is 15.4 Å². The van der Waals surface area contributed by atoms with Gasteiger partial charge in [-0.25, -0.2) is 9.48 Å². The van der Waals surface area contributed by atoms with Gasteiger partial charge in [-0.2, -0.15) is 5.10 Å². The number of benzene rings is 2. The Morgan fingerprint density at radius 3 is 2.38 bits per heavy atom. The van der Waals surface area contributed by atoms with Gasteiger partial charge in [0, 0.05) is 28.0 Å². The molecule has 9 heteroatoms. The van der Waals surface area contributed by atoms with E-state index in [4.69, 9.17) is 4.74 Å². The number of hydrogen-bond acceptors (Lipinski definition) is 6. The first-order valence-corrected chi connectivity index (χ1v) is 11.1. The van der Waals surface area contributed by atoms with E-state index in [0.29, 0.717) is 23.1 Å². The minimum absolute atomic E-state index is 0.317. The van der Waals surface area contributed by atoms with Crippen LogP contribution in [0.4, 0.5) is 16.2 Å². The van der Waals surface area contributed by atoms with E-state index in [1.807, 2.05) is 50.4 Å². The van der Waals surface area contributed by atoms with E-state index in [0.717, 1.165) is 22.0 Å². The number of urea groups is 1. The zero-order valence-corrected chi connectivity index (χ0v) is 18.7. The second-order valence-corrected chi connectivity index (χ2v) is 7.89. The van der Waals surface area contributed by atoms with Gasteiger partial charge in [-0.15, -0.1) is 22.0 Å². The number of thioether (sulfide) groups is 1. The highest BCUT2D eigenvalue weighted by Crippen LogP contribution is 2.23. The summed E-state index contributed by atoms with van der Waals surface area (Å²) in [6.07, 6.45) is 1.99. The number of carbonyl (C=O) groups is 1. The summed E-state index contributed by atoms with van der Waals surface area (Å²) in [6, 6.07) is 19.9. The van der Waals surface area contributed by atoms with Gasteiger partial charge in [0.25, 0.3) is 0 Å². The van der Waals surface area contributed by atoms with Gasteiger partial charge in [0.05, 0.1) is 5.69 Å². The fourth-order valence-electron chi connectivity index (χ4n) is 3.06. The minimum atomic E-state index is -0.317. The first kappa shape index (κ1) is 21.4. The van der Waals surface area contributed by atoms with Crippen LogP contribution in [0.25, 0.3) is 5.82 Å². The van der Waals surface area contributed by atoms with Gasteiger partial charge in [0.15, 0.2) is 5.82 Å². The number of aromatic nitrogens is 4. The van der Waals surface area contributed by atoms with Crippen LogP contribution >= 0.6 is 11.8 Å². The van der Waals surface area contributed by atoms with Crippen LogP contribution in [0.3, 0.4) is 0 Å². The molecule has 2 N–H and O–H groups in total. The zero-order chi connectivity index (χ0) is 22.5. The van der Waals surface area contributed by atoms with E-state index >= 15 is 0 Å². The Balaban J connectivity index is 1.35. The van der Waals surface area contributed by atoms with Crippen molar-refractivity contribution < 1.29 is 9.53 Å². The van der Waals surface area contributed by atoms with Crippen molar-refractivity contribution in [2.24, 2.45) is 0 Å². The van der Waals surface area contributed by atoms with Crippen LogP contribution in [-0.2, 0) is 0 Å². The van der Waals surface area contributed by atoms with Crippen LogP contribution in [0.2, 0.25) is 0 Å². The monoisotopic (exact) mass is 446 g/mol. The average molecular weight is 447 g/mol. The van der Waals surface area contributed by atoms with E-state index in [1.165, 1.54) is 0 Å². The molecule has 0 saturated heterocycles. The molecule has 0 spiro atoms. The zero-order valence-electron chi connectivity index (χ0n) is 17.9. The van der Waals surface area contributed by atoms with Crippen molar-refractivity contribution in [2.75, 3.05) is 16.9 Å². The second-order valence-electron chi connectivity index (χ2n) is 7.01. The van der Waals surface area contributed by atoms with Crippen LogP contribution in [0.1, 0.15) is 11.4 Å². The maximum absolute atomic E-state index is 12.2. The second kappa shape index (κ2) is 9.52. The first-order chi connectivity index (χ1) is 15.5. The Kier molecular flexibility index (Phi) is 6.37. The molecule has 0 atom stereocenters. The number of rotatable bonds is 6. The lowest BCUT2D eigenvalue weighted by atomic mass is 10.3. The Hall–Kier alpha value is -3.85. The summed E-state index contributed by atoms with van der Waals surface area (Å²) in [6.45, 7) is 3.89. The molecule has 4 aromatic rings. The van der Waals surface area contributed by atoms with Gasteiger partial charge in [0.2, 0.25) is 5.88 Å². The van der Waals surface area contributed by atoms with Crippen molar-refractivity contribution in [2.45, 2.75) is 18.7 Å². The van der Waals surface area contributed by atoms with Gasteiger partial charge in [0.1, 0.15) is 5.75 Å². The molecule has 0 bridgehead atoms. The number of anilines is 2. The van der Waals surface area contributed by atoms with Crippen molar-refractivity contribution >= 4 is 29.2 Å². The van der Waals surface area contributed by atoms with E-state index in [2.05, 4.69) is 25.9 Å². The van der Waals surface area contributed by atoms with Gasteiger partial charge in [-0.3, -0.25) is 0 Å². The Morgan fingerprint density at radius 1 is 0.938 bits per heavy atom. The van der Waals surface area contributed by atoms with Crippen molar-refractivity contribution in [3.63, 3.8) is 0 Å². The highest BCUT2D eigenvalue weighted by atomic mass is 32.2. The van der Waals surface area contributed by atoms with Crippen LogP contribution in [-0.4, -0.2) is 32.3 Å². The number of aryl methyl sites for hydroxylation is 2. The van der Waals surface area contributed by atoms with Gasteiger partial charge in [-0.1, -0.05) is 6.07 Å². The molecule has 0 aliphatic carbocycles. The molecule has 8 nitrogen and oxygen atoms in total. The predicted octanol–water partition coefficient (Wildman–Crippen LogP) is 5.44. The van der Waals surface area contributed by atoms with E-state index in [-0.39, 0.29) is 6.03 Å². The normalized spacial score (nSPS) is 10.6. The summed E-state index contributed by atoms with van der Waals surface area (Å²) in [4.78, 5) is 13.3. The molecule has 162 valence electrons. The molecule has 2 aromatic heterocycles. The molecular weight excluding hydrogens is 424 g/mol. The maximum Gasteiger partial charge on any atom is 0.323 e. The molecule has 0 aliphatic rings. The Morgan fingerprint density at radius 2 is 1.72 bits per heavy atom. The molecule has 0 fully saturated rings. The number of nitrogens with one attached hydrogen (secondary N) is 2. The standard InChI is InChI=1S/C23H22N6O2S/c1-15-13-16(2)29(28-15)21-11-12-22(27-26-21)31-19-9-7-17(8-10-19)24-23(30)25-18-5-4-6-20(14-18)32-3/h4-14H,1-3H3,(H2,24,25,30). The first-order valence-electron chi connectivity index (χ1n) is 9.87. The lowest BCUT2D eigenvalue weighted by Crippen LogP contribution is -2.19. The minimum Gasteiger partial charge on any atom is -0.438 e. The highest BCUT2D eigenvalue weighted by molar-refractivity contribution is 7.98. The summed E-state index contributed by atoms with van der Waals surface area (Å²) in [5.74, 6) is 1.57. The highest BCUT2D eigenvalue weighted by Gasteiger charge is 2.08. The predicted molar refractivity (Wildman–Crippen MR) is 126 cm³/mol. The number of amides is 2. The molecule has 0 aliphatic heterocycles. The molecular formula is C23H22N6O2S. The third-order valence-electron chi connectivity index (χ3n) is 4.51. The van der Waals surface area contributed by atoms with Crippen molar-refractivity contribution in [1.82, 2.24) is 20.0 Å². The maximum atomic E-state index is 12.2. The average Bonchev–Trinajstić information content (AvgIpc) is 3.13. The summed E-state index contributed by atoms with van der Waals surface area (Å²) in [5.41, 5.74) is 3.27. The van der Waals surface area contributed by atoms with Gasteiger partial charge >= 0.3 is 6.03 Å². The quantitative estimate of drug-likeness (QED) is 0.383. The van der Waals surface area contributed by atoms with Crippen LogP contribution in [0, 0.1) is 13.8 Å². The van der Waals surface area contributed by atoms with E-state index in [1.54, 1.807) is 52.8 Å². The van der Waals surface area contributed by atoms with Crippen molar-refractivity contribution in [1.29, 1.82) is 0 Å². The summed E-state index contributed by atoms with van der Waals surface area (Å²) < 4.78 is 7.48. The number of ether oxygens (including phenoxy) is 1. The number of nitrogens with zero attached hydrogens (tertiary/aromatic N) is 4. The van der Waals surface area contributed by atoms with Crippen LogP contribution in [0.5, 0.6) is 11.6 Å². The largest absolute Gasteiger partial charge is 0.438 e. The van der Waals surface area contributed by atoms with Crippen LogP contribution in [0.15, 0.2) is 71.6 Å². The molecule has 2 amide bonds. The Bertz CT molecular complexity index is 1220. The lowest BCUT2D eigenvalue weighted by Gasteiger charge is -2.10. The number of hydrogen-bond donors (Lipinski definition) is 2. The number of carbonyl (C=O) groups excluding carboxylic acids is 1. The summed E-state index contributed by atoms with van der Waals surface area (Å²) in [7, 11) is 0. The SMILES string of the molecule is CSc1cccc(NC(=O)Nc2ccc(Oc3ccc(-n4nc(C)cc4C)nn3)cc2)c1. The van der Waals surface area contributed by atoms with Crippen LogP contribution < -0.4 is 15.4 Å². The summed E-state index contributed by atoms with van der Waals surface area (Å²) in [5, 5.41) is 18.3. The molecule has 0 unspecified atom stereocenters.